The van der Waals surface area contributed by atoms with Crippen molar-refractivity contribution in [3.05, 3.63) is 28.8 Å². The third kappa shape index (κ3) is 3.49. The van der Waals surface area contributed by atoms with Crippen molar-refractivity contribution in [1.29, 1.82) is 5.26 Å². The van der Waals surface area contributed by atoms with Crippen LogP contribution in [0.2, 0.25) is 0 Å². The van der Waals surface area contributed by atoms with Gasteiger partial charge in [0.2, 0.25) is 0 Å². The number of aryl methyl sites for hydroxylation is 2. The maximum atomic E-state index is 11.7. The molecule has 4 heteroatoms. The van der Waals surface area contributed by atoms with Gasteiger partial charge in [-0.2, -0.15) is 5.26 Å². The number of esters is 1. The highest BCUT2D eigenvalue weighted by Crippen LogP contribution is 2.18. The zero-order valence-corrected chi connectivity index (χ0v) is 10.1. The number of ether oxygens (including phenoxy) is 1. The molecular formula is C13H16N2O2. The van der Waals surface area contributed by atoms with Crippen molar-refractivity contribution in [3.8, 4) is 6.07 Å². The zero-order chi connectivity index (χ0) is 12.8. The van der Waals surface area contributed by atoms with Crippen molar-refractivity contribution in [3.63, 3.8) is 0 Å². The standard InChI is InChI=1S/C13H16N2O2/c1-9-7-10(2)12(15)8-11(9)13(16)17-6-4-3-5-14/h7-8H,3-4,6,15H2,1-2H3. The summed E-state index contributed by atoms with van der Waals surface area (Å²) < 4.78 is 5.06. The van der Waals surface area contributed by atoms with Gasteiger partial charge in [0.25, 0.3) is 0 Å². The summed E-state index contributed by atoms with van der Waals surface area (Å²) in [6, 6.07) is 5.50. The second kappa shape index (κ2) is 5.90. The maximum absolute atomic E-state index is 11.7. The minimum absolute atomic E-state index is 0.264. The molecule has 0 aliphatic rings. The second-order valence-electron chi connectivity index (χ2n) is 3.92. The molecule has 4 nitrogen and oxygen atoms in total. The fraction of sp³-hybridized carbons (Fsp3) is 0.385. The minimum atomic E-state index is -0.382. The minimum Gasteiger partial charge on any atom is -0.462 e. The lowest BCUT2D eigenvalue weighted by Crippen LogP contribution is -2.09. The molecule has 1 aromatic carbocycles. The van der Waals surface area contributed by atoms with Crippen molar-refractivity contribution in [2.45, 2.75) is 26.7 Å². The van der Waals surface area contributed by atoms with Crippen LogP contribution < -0.4 is 5.73 Å². The van der Waals surface area contributed by atoms with Crippen molar-refractivity contribution in [1.82, 2.24) is 0 Å². The second-order valence-corrected chi connectivity index (χ2v) is 3.92. The van der Waals surface area contributed by atoms with Gasteiger partial charge in [0.1, 0.15) is 0 Å². The summed E-state index contributed by atoms with van der Waals surface area (Å²) >= 11 is 0. The van der Waals surface area contributed by atoms with Crippen LogP contribution in [0.4, 0.5) is 5.69 Å². The molecule has 0 saturated carbocycles. The van der Waals surface area contributed by atoms with Gasteiger partial charge in [0.05, 0.1) is 18.2 Å². The molecule has 0 amide bonds. The molecule has 0 bridgehead atoms. The Morgan fingerprint density at radius 1 is 1.41 bits per heavy atom. The average Bonchev–Trinajstić information content (AvgIpc) is 2.29. The fourth-order valence-corrected chi connectivity index (χ4v) is 1.48. The quantitative estimate of drug-likeness (QED) is 0.491. The first-order chi connectivity index (χ1) is 8.06. The number of anilines is 1. The number of hydrogen-bond donors (Lipinski definition) is 1. The number of carbonyl (C=O) groups is 1. The highest BCUT2D eigenvalue weighted by molar-refractivity contribution is 5.92. The number of rotatable bonds is 4. The Hall–Kier alpha value is -2.02. The van der Waals surface area contributed by atoms with Crippen molar-refractivity contribution >= 4 is 11.7 Å². The van der Waals surface area contributed by atoms with E-state index in [4.69, 9.17) is 15.7 Å². The van der Waals surface area contributed by atoms with E-state index in [1.54, 1.807) is 6.07 Å². The maximum Gasteiger partial charge on any atom is 0.338 e. The van der Waals surface area contributed by atoms with Crippen molar-refractivity contribution in [2.24, 2.45) is 0 Å². The number of nitrogens with two attached hydrogens (primary N) is 1. The van der Waals surface area contributed by atoms with E-state index < -0.39 is 0 Å². The number of nitriles is 1. The Morgan fingerprint density at radius 2 is 2.12 bits per heavy atom. The van der Waals surface area contributed by atoms with Gasteiger partial charge in [0, 0.05) is 12.1 Å². The molecule has 0 fully saturated rings. The number of nitrogens with zero attached hydrogens (tertiary/aromatic N) is 1. The van der Waals surface area contributed by atoms with Crippen LogP contribution in [0.15, 0.2) is 12.1 Å². The summed E-state index contributed by atoms with van der Waals surface area (Å²) in [6.07, 6.45) is 0.949. The van der Waals surface area contributed by atoms with Crippen LogP contribution >= 0.6 is 0 Å². The van der Waals surface area contributed by atoms with Gasteiger partial charge in [-0.05, 0) is 37.5 Å². The smallest absolute Gasteiger partial charge is 0.338 e. The number of nitrogen functional groups attached to an aromatic ring is 1. The molecule has 1 aromatic rings. The summed E-state index contributed by atoms with van der Waals surface area (Å²) in [6.45, 7) is 4.00. The lowest BCUT2D eigenvalue weighted by atomic mass is 10.0. The van der Waals surface area contributed by atoms with E-state index in [1.165, 1.54) is 0 Å². The Bertz CT molecular complexity index is 461. The first-order valence-electron chi connectivity index (χ1n) is 5.47. The molecule has 0 aliphatic carbocycles. The monoisotopic (exact) mass is 232 g/mol. The predicted molar refractivity (Wildman–Crippen MR) is 65.5 cm³/mol. The Morgan fingerprint density at radius 3 is 2.76 bits per heavy atom. The molecule has 17 heavy (non-hydrogen) atoms. The average molecular weight is 232 g/mol. The van der Waals surface area contributed by atoms with Gasteiger partial charge in [-0.15, -0.1) is 0 Å². The predicted octanol–water partition coefficient (Wildman–Crippen LogP) is 2.35. The molecule has 2 N–H and O–H groups in total. The largest absolute Gasteiger partial charge is 0.462 e. The van der Waals surface area contributed by atoms with E-state index in [0.717, 1.165) is 11.1 Å². The van der Waals surface area contributed by atoms with Crippen LogP contribution in [0.3, 0.4) is 0 Å². The number of benzene rings is 1. The molecule has 0 heterocycles. The van der Waals surface area contributed by atoms with Crippen LogP contribution in [-0.2, 0) is 4.74 Å². The van der Waals surface area contributed by atoms with Crippen LogP contribution in [0.1, 0.15) is 34.3 Å². The van der Waals surface area contributed by atoms with E-state index in [-0.39, 0.29) is 12.6 Å². The van der Waals surface area contributed by atoms with E-state index in [0.29, 0.717) is 24.1 Å². The van der Waals surface area contributed by atoms with Gasteiger partial charge in [-0.1, -0.05) is 6.07 Å². The summed E-state index contributed by atoms with van der Waals surface area (Å²) in [4.78, 5) is 11.7. The zero-order valence-electron chi connectivity index (χ0n) is 10.1. The Kier molecular flexibility index (Phi) is 4.53. The van der Waals surface area contributed by atoms with Crippen LogP contribution in [0.5, 0.6) is 0 Å². The molecule has 1 rings (SSSR count). The van der Waals surface area contributed by atoms with Crippen LogP contribution in [0, 0.1) is 25.2 Å². The van der Waals surface area contributed by atoms with E-state index in [9.17, 15) is 4.79 Å². The topological polar surface area (TPSA) is 76.1 Å². The lowest BCUT2D eigenvalue weighted by Gasteiger charge is -2.09. The van der Waals surface area contributed by atoms with Gasteiger partial charge in [-0.25, -0.2) is 4.79 Å². The van der Waals surface area contributed by atoms with Crippen LogP contribution in [-0.4, -0.2) is 12.6 Å². The summed E-state index contributed by atoms with van der Waals surface area (Å²) in [5, 5.41) is 8.35. The van der Waals surface area contributed by atoms with E-state index in [2.05, 4.69) is 0 Å². The van der Waals surface area contributed by atoms with Crippen molar-refractivity contribution < 1.29 is 9.53 Å². The molecule has 0 aliphatic heterocycles. The normalized spacial score (nSPS) is 9.71. The van der Waals surface area contributed by atoms with Gasteiger partial charge in [0.15, 0.2) is 0 Å². The fourth-order valence-electron chi connectivity index (χ4n) is 1.48. The number of hydrogen-bond acceptors (Lipinski definition) is 4. The Balaban J connectivity index is 2.70. The third-order valence-electron chi connectivity index (χ3n) is 2.50. The number of carbonyl (C=O) groups excluding carboxylic acids is 1. The molecule has 0 aromatic heterocycles. The molecular weight excluding hydrogens is 216 g/mol. The van der Waals surface area contributed by atoms with Gasteiger partial charge >= 0.3 is 5.97 Å². The summed E-state index contributed by atoms with van der Waals surface area (Å²) in [7, 11) is 0. The number of unbranched alkanes of at least 4 members (excludes halogenated alkanes) is 1. The molecule has 0 radical (unpaired) electrons. The van der Waals surface area contributed by atoms with E-state index >= 15 is 0 Å². The first kappa shape index (κ1) is 13.0. The van der Waals surface area contributed by atoms with Crippen molar-refractivity contribution in [2.75, 3.05) is 12.3 Å². The molecule has 0 unspecified atom stereocenters. The highest BCUT2D eigenvalue weighted by Gasteiger charge is 2.12. The van der Waals surface area contributed by atoms with Gasteiger partial charge < -0.3 is 10.5 Å². The van der Waals surface area contributed by atoms with Gasteiger partial charge in [-0.3, -0.25) is 0 Å². The lowest BCUT2D eigenvalue weighted by molar-refractivity contribution is 0.0501. The highest BCUT2D eigenvalue weighted by atomic mass is 16.5. The van der Waals surface area contributed by atoms with Crippen LogP contribution in [0.25, 0.3) is 0 Å². The SMILES string of the molecule is Cc1cc(C)c(C(=O)OCCCC#N)cc1N. The third-order valence-corrected chi connectivity index (χ3v) is 2.50. The molecule has 0 atom stereocenters. The molecule has 0 saturated heterocycles. The summed E-state index contributed by atoms with van der Waals surface area (Å²) in [5.74, 6) is -0.382. The molecule has 90 valence electrons. The molecule has 0 spiro atoms. The summed E-state index contributed by atoms with van der Waals surface area (Å²) in [5.41, 5.74) is 8.62. The van der Waals surface area contributed by atoms with E-state index in [1.807, 2.05) is 26.0 Å². The first-order valence-corrected chi connectivity index (χ1v) is 5.47. The Labute approximate surface area is 101 Å².